The normalized spacial score (nSPS) is 17.6. The van der Waals surface area contributed by atoms with Gasteiger partial charge in [-0.15, -0.1) is 0 Å². The molecule has 0 aliphatic heterocycles. The number of hydrogen-bond acceptors (Lipinski definition) is 3. The first-order chi connectivity index (χ1) is 10.2. The lowest BCUT2D eigenvalue weighted by Crippen LogP contribution is -2.29. The highest BCUT2D eigenvalue weighted by Crippen LogP contribution is 2.47. The Labute approximate surface area is 129 Å². The van der Waals surface area contributed by atoms with Gasteiger partial charge in [-0.1, -0.05) is 35.9 Å². The number of benzene rings is 2. The fourth-order valence-electron chi connectivity index (χ4n) is 3.02. The monoisotopic (exact) mass is 303 g/mol. The van der Waals surface area contributed by atoms with E-state index in [1.807, 2.05) is 12.1 Å². The van der Waals surface area contributed by atoms with Crippen molar-refractivity contribution in [1.82, 2.24) is 0 Å². The number of rotatable bonds is 4. The topological polar surface area (TPSA) is 44.5 Å². The zero-order chi connectivity index (χ0) is 15.0. The second-order valence-corrected chi connectivity index (χ2v) is 5.62. The quantitative estimate of drug-likeness (QED) is 0.936. The summed E-state index contributed by atoms with van der Waals surface area (Å²) in [5, 5.41) is 0.473. The molecule has 3 rings (SSSR count). The molecule has 2 N–H and O–H groups in total. The van der Waals surface area contributed by atoms with Crippen LogP contribution in [-0.2, 0) is 6.42 Å². The molecular formula is C17H18ClNO2. The van der Waals surface area contributed by atoms with Gasteiger partial charge in [-0.2, -0.15) is 0 Å². The molecule has 2 aromatic rings. The maximum absolute atomic E-state index is 6.47. The maximum Gasteiger partial charge on any atom is 0.146 e. The van der Waals surface area contributed by atoms with E-state index < -0.39 is 0 Å². The minimum Gasteiger partial charge on any atom is -0.495 e. The van der Waals surface area contributed by atoms with Crippen molar-refractivity contribution < 1.29 is 9.47 Å². The van der Waals surface area contributed by atoms with Gasteiger partial charge in [0.25, 0.3) is 0 Å². The third-order valence-corrected chi connectivity index (χ3v) is 4.56. The minimum absolute atomic E-state index is 0.141. The smallest absolute Gasteiger partial charge is 0.146 e. The molecule has 21 heavy (non-hydrogen) atoms. The van der Waals surface area contributed by atoms with Crippen molar-refractivity contribution in [2.75, 3.05) is 14.2 Å². The standard InChI is InChI=1S/C17H18ClNO2/c1-20-14-8-7-12(17(21-2)15(14)18)16(19)13-9-10-5-3-4-6-11(10)13/h3-8,13,16H,9,19H2,1-2H3. The third kappa shape index (κ3) is 2.27. The molecule has 0 bridgehead atoms. The van der Waals surface area contributed by atoms with Crippen molar-refractivity contribution >= 4 is 11.6 Å². The molecular weight excluding hydrogens is 286 g/mol. The van der Waals surface area contributed by atoms with Crippen LogP contribution in [0.15, 0.2) is 36.4 Å². The van der Waals surface area contributed by atoms with E-state index in [2.05, 4.69) is 24.3 Å². The summed E-state index contributed by atoms with van der Waals surface area (Å²) >= 11 is 6.32. The summed E-state index contributed by atoms with van der Waals surface area (Å²) in [7, 11) is 3.19. The molecule has 1 aliphatic rings. The largest absolute Gasteiger partial charge is 0.495 e. The lowest BCUT2D eigenvalue weighted by atomic mass is 9.72. The van der Waals surface area contributed by atoms with Crippen LogP contribution in [0.25, 0.3) is 0 Å². The van der Waals surface area contributed by atoms with Crippen LogP contribution in [0.2, 0.25) is 5.02 Å². The molecule has 2 atom stereocenters. The van der Waals surface area contributed by atoms with Gasteiger partial charge in [0.1, 0.15) is 16.5 Å². The first kappa shape index (κ1) is 14.2. The highest BCUT2D eigenvalue weighted by Gasteiger charge is 2.33. The first-order valence-corrected chi connectivity index (χ1v) is 7.29. The second-order valence-electron chi connectivity index (χ2n) is 5.24. The van der Waals surface area contributed by atoms with Crippen LogP contribution in [0.5, 0.6) is 11.5 Å². The minimum atomic E-state index is -0.141. The number of ether oxygens (including phenoxy) is 2. The molecule has 1 aliphatic carbocycles. The van der Waals surface area contributed by atoms with Gasteiger partial charge in [0.2, 0.25) is 0 Å². The number of hydrogen-bond donors (Lipinski definition) is 1. The Kier molecular flexibility index (Phi) is 3.79. The van der Waals surface area contributed by atoms with Gasteiger partial charge in [0.05, 0.1) is 14.2 Å². The van der Waals surface area contributed by atoms with Crippen LogP contribution in [0.1, 0.15) is 28.7 Å². The van der Waals surface area contributed by atoms with Gasteiger partial charge in [-0.3, -0.25) is 0 Å². The summed E-state index contributed by atoms with van der Waals surface area (Å²) in [5.41, 5.74) is 10.1. The molecule has 0 saturated carbocycles. The molecule has 0 spiro atoms. The number of nitrogens with two attached hydrogens (primary N) is 1. The van der Waals surface area contributed by atoms with E-state index in [1.54, 1.807) is 14.2 Å². The summed E-state index contributed by atoms with van der Waals surface area (Å²) < 4.78 is 10.7. The lowest BCUT2D eigenvalue weighted by Gasteiger charge is -2.35. The molecule has 0 saturated heterocycles. The lowest BCUT2D eigenvalue weighted by molar-refractivity contribution is 0.383. The van der Waals surface area contributed by atoms with Gasteiger partial charge in [0.15, 0.2) is 0 Å². The van der Waals surface area contributed by atoms with Crippen molar-refractivity contribution in [2.45, 2.75) is 18.4 Å². The predicted octanol–water partition coefficient (Wildman–Crippen LogP) is 3.70. The zero-order valence-corrected chi connectivity index (χ0v) is 12.9. The van der Waals surface area contributed by atoms with E-state index in [0.29, 0.717) is 22.4 Å². The number of halogens is 1. The van der Waals surface area contributed by atoms with Crippen molar-refractivity contribution in [1.29, 1.82) is 0 Å². The SMILES string of the molecule is COc1ccc(C(N)C2Cc3ccccc32)c(OC)c1Cl. The number of methoxy groups -OCH3 is 2. The predicted molar refractivity (Wildman–Crippen MR) is 84.4 cm³/mol. The molecule has 3 nitrogen and oxygen atoms in total. The molecule has 110 valence electrons. The number of fused-ring (bicyclic) bond motifs is 1. The molecule has 0 radical (unpaired) electrons. The summed E-state index contributed by atoms with van der Waals surface area (Å²) in [6.45, 7) is 0. The van der Waals surface area contributed by atoms with Gasteiger partial charge < -0.3 is 15.2 Å². The molecule has 0 aromatic heterocycles. The summed E-state index contributed by atoms with van der Waals surface area (Å²) in [5.74, 6) is 1.51. The van der Waals surface area contributed by atoms with Gasteiger partial charge >= 0.3 is 0 Å². The van der Waals surface area contributed by atoms with Crippen LogP contribution in [-0.4, -0.2) is 14.2 Å². The Morgan fingerprint density at radius 2 is 1.90 bits per heavy atom. The third-order valence-electron chi connectivity index (χ3n) is 4.20. The van der Waals surface area contributed by atoms with E-state index in [9.17, 15) is 0 Å². The highest BCUT2D eigenvalue weighted by atomic mass is 35.5. The van der Waals surface area contributed by atoms with Gasteiger partial charge in [0, 0.05) is 17.5 Å². The Bertz CT molecular complexity index is 672. The van der Waals surface area contributed by atoms with E-state index >= 15 is 0 Å². The van der Waals surface area contributed by atoms with Crippen molar-refractivity contribution in [3.05, 3.63) is 58.1 Å². The zero-order valence-electron chi connectivity index (χ0n) is 12.1. The Hall–Kier alpha value is -1.71. The Balaban J connectivity index is 1.96. The summed E-state index contributed by atoms with van der Waals surface area (Å²) in [6.07, 6.45) is 0.990. The summed E-state index contributed by atoms with van der Waals surface area (Å²) in [4.78, 5) is 0. The Morgan fingerprint density at radius 1 is 1.14 bits per heavy atom. The molecule has 4 heteroatoms. The van der Waals surface area contributed by atoms with Crippen LogP contribution < -0.4 is 15.2 Å². The van der Waals surface area contributed by atoms with E-state index in [1.165, 1.54) is 11.1 Å². The van der Waals surface area contributed by atoms with Crippen LogP contribution in [0.4, 0.5) is 0 Å². The van der Waals surface area contributed by atoms with Crippen molar-refractivity contribution in [2.24, 2.45) is 5.73 Å². The van der Waals surface area contributed by atoms with Gasteiger partial charge in [-0.25, -0.2) is 0 Å². The fraction of sp³-hybridized carbons (Fsp3) is 0.294. The maximum atomic E-state index is 6.47. The molecule has 0 amide bonds. The van der Waals surface area contributed by atoms with E-state index in [0.717, 1.165) is 12.0 Å². The van der Waals surface area contributed by atoms with E-state index in [-0.39, 0.29) is 6.04 Å². The van der Waals surface area contributed by atoms with Crippen LogP contribution >= 0.6 is 11.6 Å². The van der Waals surface area contributed by atoms with Crippen molar-refractivity contribution in [3.8, 4) is 11.5 Å². The second kappa shape index (κ2) is 5.58. The summed E-state index contributed by atoms with van der Waals surface area (Å²) in [6, 6.07) is 12.0. The average Bonchev–Trinajstić information content (AvgIpc) is 2.48. The van der Waals surface area contributed by atoms with E-state index in [4.69, 9.17) is 26.8 Å². The molecule has 0 fully saturated rings. The van der Waals surface area contributed by atoms with Crippen LogP contribution in [0, 0.1) is 0 Å². The highest BCUT2D eigenvalue weighted by molar-refractivity contribution is 6.33. The molecule has 2 aromatic carbocycles. The van der Waals surface area contributed by atoms with Gasteiger partial charge in [-0.05, 0) is 29.7 Å². The molecule has 2 unspecified atom stereocenters. The first-order valence-electron chi connectivity index (χ1n) is 6.91. The average molecular weight is 304 g/mol. The van der Waals surface area contributed by atoms with Crippen molar-refractivity contribution in [3.63, 3.8) is 0 Å². The fourth-order valence-corrected chi connectivity index (χ4v) is 3.34. The molecule has 0 heterocycles. The Morgan fingerprint density at radius 3 is 2.57 bits per heavy atom. The van der Waals surface area contributed by atoms with Crippen LogP contribution in [0.3, 0.4) is 0 Å².